The predicted octanol–water partition coefficient (Wildman–Crippen LogP) is 0.785. The summed E-state index contributed by atoms with van der Waals surface area (Å²) >= 11 is 2.19. The molecule has 0 atom stereocenters. The molecule has 0 aromatic carbocycles. The van der Waals surface area contributed by atoms with E-state index in [0.717, 1.165) is 22.5 Å². The van der Waals surface area contributed by atoms with Crippen molar-refractivity contribution in [2.75, 3.05) is 11.9 Å². The fraction of sp³-hybridized carbons (Fsp3) is 0.250. The summed E-state index contributed by atoms with van der Waals surface area (Å²) in [6.45, 7) is 1.60. The van der Waals surface area contributed by atoms with Crippen molar-refractivity contribution in [3.63, 3.8) is 0 Å². The number of halogens is 1. The molecule has 2 rings (SSSR count). The van der Waals surface area contributed by atoms with E-state index < -0.39 is 0 Å². The number of hydrogen-bond acceptors (Lipinski definition) is 5. The van der Waals surface area contributed by atoms with E-state index in [-0.39, 0.29) is 0 Å². The number of nitrogens with one attached hydrogen (secondary N) is 1. The van der Waals surface area contributed by atoms with Crippen molar-refractivity contribution in [2.45, 2.75) is 6.54 Å². The van der Waals surface area contributed by atoms with Crippen LogP contribution in [0.15, 0.2) is 25.2 Å². The van der Waals surface area contributed by atoms with Crippen LogP contribution < -0.4 is 5.32 Å². The van der Waals surface area contributed by atoms with Crippen molar-refractivity contribution in [2.24, 2.45) is 0 Å². The molecule has 1 N–H and O–H groups in total. The second-order valence-corrected chi connectivity index (χ2v) is 4.01. The van der Waals surface area contributed by atoms with Crippen molar-refractivity contribution in [1.29, 1.82) is 0 Å². The maximum absolute atomic E-state index is 4.13. The van der Waals surface area contributed by atoms with Crippen LogP contribution in [0.5, 0.6) is 0 Å². The molecule has 0 saturated heterocycles. The molecule has 78 valence electrons. The van der Waals surface area contributed by atoms with Gasteiger partial charge in [0.15, 0.2) is 0 Å². The smallest absolute Gasteiger partial charge is 0.142 e. The highest BCUT2D eigenvalue weighted by atomic mass is 127. The number of nitrogens with zero attached hydrogens (tertiary/aromatic N) is 5. The molecule has 0 spiro atoms. The highest BCUT2D eigenvalue weighted by molar-refractivity contribution is 14.1. The Morgan fingerprint density at radius 2 is 2.13 bits per heavy atom. The highest BCUT2D eigenvalue weighted by Crippen LogP contribution is 2.11. The molecule has 15 heavy (non-hydrogen) atoms. The molecule has 0 fully saturated rings. The molecule has 0 amide bonds. The van der Waals surface area contributed by atoms with Gasteiger partial charge in [-0.15, -0.1) is 10.2 Å². The lowest BCUT2D eigenvalue weighted by Gasteiger charge is -2.06. The Morgan fingerprint density at radius 3 is 2.87 bits per heavy atom. The van der Waals surface area contributed by atoms with Gasteiger partial charge in [-0.3, -0.25) is 0 Å². The third-order valence-electron chi connectivity index (χ3n) is 1.80. The lowest BCUT2D eigenvalue weighted by molar-refractivity contribution is 0.722. The Hall–Kier alpha value is -1.25. The second kappa shape index (κ2) is 5.01. The third kappa shape index (κ3) is 2.85. The van der Waals surface area contributed by atoms with Gasteiger partial charge in [0.2, 0.25) is 0 Å². The van der Waals surface area contributed by atoms with Gasteiger partial charge in [-0.2, -0.15) is 0 Å². The number of aromatic nitrogens is 5. The molecule has 2 aromatic rings. The predicted molar refractivity (Wildman–Crippen MR) is 63.3 cm³/mol. The van der Waals surface area contributed by atoms with Crippen LogP contribution in [0.4, 0.5) is 5.82 Å². The lowest BCUT2D eigenvalue weighted by atomic mass is 10.5. The first-order valence-electron chi connectivity index (χ1n) is 4.38. The van der Waals surface area contributed by atoms with Crippen LogP contribution in [0.25, 0.3) is 0 Å². The van der Waals surface area contributed by atoms with Crippen LogP contribution in [-0.4, -0.2) is 31.3 Å². The van der Waals surface area contributed by atoms with Crippen LogP contribution in [0.2, 0.25) is 0 Å². The molecule has 2 aromatic heterocycles. The summed E-state index contributed by atoms with van der Waals surface area (Å²) in [5, 5.41) is 10.7. The summed E-state index contributed by atoms with van der Waals surface area (Å²) in [4.78, 5) is 8.05. The van der Waals surface area contributed by atoms with E-state index in [9.17, 15) is 0 Å². The summed E-state index contributed by atoms with van der Waals surface area (Å²) in [5.74, 6) is 0.860. The van der Waals surface area contributed by atoms with Gasteiger partial charge < -0.3 is 9.88 Å². The van der Waals surface area contributed by atoms with Crippen molar-refractivity contribution >= 4 is 28.4 Å². The van der Waals surface area contributed by atoms with E-state index in [0.29, 0.717) is 0 Å². The van der Waals surface area contributed by atoms with E-state index in [1.165, 1.54) is 6.33 Å². The molecule has 0 aliphatic heterocycles. The van der Waals surface area contributed by atoms with Crippen LogP contribution in [-0.2, 0) is 6.54 Å². The number of rotatable bonds is 4. The number of anilines is 1. The third-order valence-corrected chi connectivity index (χ3v) is 2.59. The Labute approximate surface area is 100 Å². The first-order chi connectivity index (χ1) is 7.36. The zero-order valence-electron chi connectivity index (χ0n) is 7.84. The molecular formula is C8H9IN6. The van der Waals surface area contributed by atoms with Gasteiger partial charge in [-0.1, -0.05) is 0 Å². The molecule has 0 bridgehead atoms. The van der Waals surface area contributed by atoms with E-state index in [1.54, 1.807) is 18.9 Å². The minimum atomic E-state index is 0.783. The van der Waals surface area contributed by atoms with Crippen LogP contribution in [0, 0.1) is 3.57 Å². The van der Waals surface area contributed by atoms with Crippen molar-refractivity contribution in [1.82, 2.24) is 24.7 Å². The molecule has 0 unspecified atom stereocenters. The minimum absolute atomic E-state index is 0.783. The maximum atomic E-state index is 4.13. The van der Waals surface area contributed by atoms with Crippen molar-refractivity contribution in [3.05, 3.63) is 28.7 Å². The van der Waals surface area contributed by atoms with E-state index in [4.69, 9.17) is 0 Å². The van der Waals surface area contributed by atoms with Crippen molar-refractivity contribution in [3.8, 4) is 0 Å². The maximum Gasteiger partial charge on any atom is 0.142 e. The van der Waals surface area contributed by atoms with Gasteiger partial charge in [0, 0.05) is 19.3 Å². The Balaban J connectivity index is 1.86. The zero-order valence-corrected chi connectivity index (χ0v) is 10.00. The molecule has 0 aliphatic rings. The molecule has 6 nitrogen and oxygen atoms in total. The summed E-state index contributed by atoms with van der Waals surface area (Å²) in [5.41, 5.74) is 0. The van der Waals surface area contributed by atoms with Crippen LogP contribution >= 0.6 is 22.6 Å². The minimum Gasteiger partial charge on any atom is -0.367 e. The monoisotopic (exact) mass is 316 g/mol. The fourth-order valence-corrected chi connectivity index (χ4v) is 1.57. The van der Waals surface area contributed by atoms with Gasteiger partial charge in [0.1, 0.15) is 24.8 Å². The van der Waals surface area contributed by atoms with Crippen molar-refractivity contribution < 1.29 is 0 Å². The zero-order chi connectivity index (χ0) is 10.5. The van der Waals surface area contributed by atoms with Crippen LogP contribution in [0.1, 0.15) is 0 Å². The van der Waals surface area contributed by atoms with Gasteiger partial charge in [0.25, 0.3) is 0 Å². The molecule has 0 radical (unpaired) electrons. The number of hydrogen-bond donors (Lipinski definition) is 1. The summed E-state index contributed by atoms with van der Waals surface area (Å²) in [6, 6.07) is 0. The van der Waals surface area contributed by atoms with E-state index in [2.05, 4.69) is 48.1 Å². The first kappa shape index (κ1) is 10.3. The first-order valence-corrected chi connectivity index (χ1v) is 5.46. The summed E-state index contributed by atoms with van der Waals surface area (Å²) in [6.07, 6.45) is 6.68. The average Bonchev–Trinajstić information content (AvgIpc) is 2.74. The largest absolute Gasteiger partial charge is 0.367 e. The molecule has 0 saturated carbocycles. The Morgan fingerprint density at radius 1 is 1.33 bits per heavy atom. The molecule has 2 heterocycles. The Bertz CT molecular complexity index is 415. The normalized spacial score (nSPS) is 10.2. The molecular weight excluding hydrogens is 307 g/mol. The van der Waals surface area contributed by atoms with Gasteiger partial charge in [-0.05, 0) is 22.6 Å². The quantitative estimate of drug-likeness (QED) is 0.845. The molecule has 7 heteroatoms. The fourth-order valence-electron chi connectivity index (χ4n) is 1.08. The SMILES string of the molecule is Ic1cncnc1NCCn1cnnc1. The average molecular weight is 316 g/mol. The highest BCUT2D eigenvalue weighted by Gasteiger charge is 1.98. The lowest BCUT2D eigenvalue weighted by Crippen LogP contribution is -2.11. The summed E-state index contributed by atoms with van der Waals surface area (Å²) in [7, 11) is 0. The standard InChI is InChI=1S/C8H9IN6/c9-7-3-10-4-12-8(7)11-1-2-15-5-13-14-6-15/h3-6H,1-2H2,(H,10,11,12). The van der Waals surface area contributed by atoms with E-state index in [1.807, 2.05) is 4.57 Å². The van der Waals surface area contributed by atoms with Gasteiger partial charge in [-0.25, -0.2) is 9.97 Å². The van der Waals surface area contributed by atoms with Gasteiger partial charge >= 0.3 is 0 Å². The molecule has 0 aliphatic carbocycles. The van der Waals surface area contributed by atoms with Gasteiger partial charge in [0.05, 0.1) is 3.57 Å². The van der Waals surface area contributed by atoms with Crippen LogP contribution in [0.3, 0.4) is 0 Å². The topological polar surface area (TPSA) is 68.5 Å². The Kier molecular flexibility index (Phi) is 3.43. The summed E-state index contributed by atoms with van der Waals surface area (Å²) < 4.78 is 2.92. The van der Waals surface area contributed by atoms with E-state index >= 15 is 0 Å². The second-order valence-electron chi connectivity index (χ2n) is 2.85.